The number of nitrogens with one attached hydrogen (secondary N) is 1. The molecule has 0 unspecified atom stereocenters. The van der Waals surface area contributed by atoms with Crippen LogP contribution in [0.4, 0.5) is 11.5 Å². The highest BCUT2D eigenvalue weighted by atomic mass is 35.5. The number of pyridine rings is 1. The van der Waals surface area contributed by atoms with E-state index in [-0.39, 0.29) is 0 Å². The molecule has 0 atom stereocenters. The third-order valence-corrected chi connectivity index (χ3v) is 3.35. The minimum absolute atomic E-state index is 0.327. The number of benzene rings is 1. The molecule has 0 aliphatic carbocycles. The molecule has 2 aromatic rings. The summed E-state index contributed by atoms with van der Waals surface area (Å²) < 4.78 is 5.77. The van der Waals surface area contributed by atoms with Gasteiger partial charge in [-0.25, -0.2) is 0 Å². The molecule has 2 rings (SSSR count). The van der Waals surface area contributed by atoms with Crippen molar-refractivity contribution in [3.05, 3.63) is 40.4 Å². The number of hydrogen-bond donors (Lipinski definition) is 1. The lowest BCUT2D eigenvalue weighted by molar-refractivity contribution is 0.464. The molecule has 6 heteroatoms. The second-order valence-electron chi connectivity index (χ2n) is 4.63. The van der Waals surface area contributed by atoms with Gasteiger partial charge >= 0.3 is 0 Å². The fourth-order valence-corrected chi connectivity index (χ4v) is 2.21. The van der Waals surface area contributed by atoms with Crippen molar-refractivity contribution in [3.63, 3.8) is 0 Å². The van der Waals surface area contributed by atoms with E-state index in [9.17, 15) is 0 Å². The van der Waals surface area contributed by atoms with Gasteiger partial charge in [-0.3, -0.25) is 0 Å². The Hall–Kier alpha value is -1.65. The van der Waals surface area contributed by atoms with Crippen LogP contribution in [-0.2, 0) is 0 Å². The molecule has 0 aliphatic rings. The first-order valence-electron chi connectivity index (χ1n) is 6.56. The summed E-state index contributed by atoms with van der Waals surface area (Å²) in [5.41, 5.74) is 1.03. The second kappa shape index (κ2) is 6.87. The van der Waals surface area contributed by atoms with Crippen LogP contribution in [0.5, 0.6) is 11.6 Å². The lowest BCUT2D eigenvalue weighted by Crippen LogP contribution is -2.08. The third kappa shape index (κ3) is 3.93. The van der Waals surface area contributed by atoms with Crippen LogP contribution < -0.4 is 15.0 Å². The van der Waals surface area contributed by atoms with Gasteiger partial charge < -0.3 is 15.0 Å². The van der Waals surface area contributed by atoms with E-state index in [0.29, 0.717) is 34.0 Å². The van der Waals surface area contributed by atoms with E-state index in [1.54, 1.807) is 6.07 Å². The average Bonchev–Trinajstić information content (AvgIpc) is 2.44. The fourth-order valence-electron chi connectivity index (χ4n) is 1.75. The summed E-state index contributed by atoms with van der Waals surface area (Å²) in [7, 11) is 3.94. The topological polar surface area (TPSA) is 37.4 Å². The predicted octanol–water partition coefficient (Wildman–Crippen LogP) is 4.68. The normalized spacial score (nSPS) is 10.3. The average molecular weight is 326 g/mol. The zero-order chi connectivity index (χ0) is 15.4. The second-order valence-corrected chi connectivity index (χ2v) is 5.44. The van der Waals surface area contributed by atoms with Crippen molar-refractivity contribution in [2.75, 3.05) is 30.9 Å². The molecule has 112 valence electrons. The summed E-state index contributed by atoms with van der Waals surface area (Å²) in [6.07, 6.45) is 0. The molecular weight excluding hydrogens is 309 g/mol. The first-order chi connectivity index (χ1) is 10.0. The van der Waals surface area contributed by atoms with Gasteiger partial charge in [-0.05, 0) is 25.1 Å². The molecule has 1 aromatic carbocycles. The highest BCUT2D eigenvalue weighted by molar-refractivity contribution is 6.36. The van der Waals surface area contributed by atoms with Crippen molar-refractivity contribution in [1.29, 1.82) is 0 Å². The van der Waals surface area contributed by atoms with Crippen molar-refractivity contribution >= 4 is 34.7 Å². The third-order valence-electron chi connectivity index (χ3n) is 2.79. The van der Waals surface area contributed by atoms with Crippen molar-refractivity contribution in [3.8, 4) is 11.6 Å². The lowest BCUT2D eigenvalue weighted by Gasteiger charge is -2.14. The van der Waals surface area contributed by atoms with Crippen molar-refractivity contribution in [2.24, 2.45) is 0 Å². The Balaban J connectivity index is 2.30. The van der Waals surface area contributed by atoms with E-state index < -0.39 is 0 Å². The Bertz CT molecular complexity index is 632. The number of halogens is 2. The van der Waals surface area contributed by atoms with Crippen LogP contribution in [0.2, 0.25) is 10.0 Å². The summed E-state index contributed by atoms with van der Waals surface area (Å²) in [5.74, 6) is 1.55. The maximum Gasteiger partial charge on any atom is 0.240 e. The van der Waals surface area contributed by atoms with Crippen molar-refractivity contribution in [1.82, 2.24) is 4.98 Å². The van der Waals surface area contributed by atoms with Crippen molar-refractivity contribution in [2.45, 2.75) is 6.92 Å². The van der Waals surface area contributed by atoms with E-state index in [2.05, 4.69) is 10.3 Å². The minimum Gasteiger partial charge on any atom is -0.437 e. The highest BCUT2D eigenvalue weighted by Gasteiger charge is 2.11. The molecule has 1 N–H and O–H groups in total. The molecule has 0 spiro atoms. The van der Waals surface area contributed by atoms with Crippen molar-refractivity contribution < 1.29 is 4.74 Å². The van der Waals surface area contributed by atoms with Gasteiger partial charge in [0.25, 0.3) is 0 Å². The summed E-state index contributed by atoms with van der Waals surface area (Å²) in [5, 5.41) is 3.91. The van der Waals surface area contributed by atoms with Gasteiger partial charge in [0.15, 0.2) is 0 Å². The molecule has 0 amide bonds. The highest BCUT2D eigenvalue weighted by Crippen LogP contribution is 2.34. The first kappa shape index (κ1) is 15.7. The van der Waals surface area contributed by atoms with Gasteiger partial charge in [-0.1, -0.05) is 29.3 Å². The Morgan fingerprint density at radius 2 is 1.95 bits per heavy atom. The molecule has 0 saturated heterocycles. The van der Waals surface area contributed by atoms with Crippen LogP contribution >= 0.6 is 23.2 Å². The van der Waals surface area contributed by atoms with E-state index in [0.717, 1.165) is 5.69 Å². The number of anilines is 2. The summed E-state index contributed by atoms with van der Waals surface area (Å²) in [4.78, 5) is 6.31. The van der Waals surface area contributed by atoms with Gasteiger partial charge in [-0.15, -0.1) is 0 Å². The number of ether oxygens (including phenoxy) is 1. The Labute approximate surface area is 134 Å². The SMILES string of the molecule is CCNc1nc(Oc2cccc(N(C)C)c2)c(Cl)cc1Cl. The maximum absolute atomic E-state index is 6.14. The molecular formula is C15H17Cl2N3O. The molecule has 0 fully saturated rings. The zero-order valence-electron chi connectivity index (χ0n) is 12.2. The maximum atomic E-state index is 6.14. The minimum atomic E-state index is 0.327. The first-order valence-corrected chi connectivity index (χ1v) is 7.32. The van der Waals surface area contributed by atoms with Gasteiger partial charge in [0, 0.05) is 32.4 Å². The summed E-state index contributed by atoms with van der Waals surface area (Å²) >= 11 is 12.2. The van der Waals surface area contributed by atoms with Crippen LogP contribution in [-0.4, -0.2) is 25.6 Å². The molecule has 0 saturated carbocycles. The van der Waals surface area contributed by atoms with E-state index >= 15 is 0 Å². The van der Waals surface area contributed by atoms with E-state index in [1.807, 2.05) is 50.2 Å². The molecule has 21 heavy (non-hydrogen) atoms. The van der Waals surface area contributed by atoms with Gasteiger partial charge in [0.05, 0.1) is 5.02 Å². The molecule has 4 nitrogen and oxygen atoms in total. The monoisotopic (exact) mass is 325 g/mol. The summed E-state index contributed by atoms with van der Waals surface area (Å²) in [6, 6.07) is 9.30. The standard InChI is InChI=1S/C15H17Cl2N3O/c1-4-18-14-12(16)9-13(17)15(19-14)21-11-7-5-6-10(8-11)20(2)3/h5-9H,4H2,1-3H3,(H,18,19). The van der Waals surface area contributed by atoms with Crippen LogP contribution in [0.3, 0.4) is 0 Å². The van der Waals surface area contributed by atoms with Crippen LogP contribution in [0.25, 0.3) is 0 Å². The van der Waals surface area contributed by atoms with Gasteiger partial charge in [-0.2, -0.15) is 4.98 Å². The van der Waals surface area contributed by atoms with Crippen LogP contribution in [0.15, 0.2) is 30.3 Å². The van der Waals surface area contributed by atoms with Crippen LogP contribution in [0.1, 0.15) is 6.92 Å². The fraction of sp³-hybridized carbons (Fsp3) is 0.267. The Kier molecular flexibility index (Phi) is 5.15. The van der Waals surface area contributed by atoms with Gasteiger partial charge in [0.1, 0.15) is 16.6 Å². The Morgan fingerprint density at radius 3 is 2.62 bits per heavy atom. The molecule has 0 aliphatic heterocycles. The molecule has 0 bridgehead atoms. The zero-order valence-corrected chi connectivity index (χ0v) is 13.7. The summed E-state index contributed by atoms with van der Waals surface area (Å²) in [6.45, 7) is 2.68. The molecule has 1 heterocycles. The quantitative estimate of drug-likeness (QED) is 0.866. The van der Waals surface area contributed by atoms with Crippen LogP contribution in [0, 0.1) is 0 Å². The number of hydrogen-bond acceptors (Lipinski definition) is 4. The smallest absolute Gasteiger partial charge is 0.240 e. The Morgan fingerprint density at radius 1 is 1.19 bits per heavy atom. The van der Waals surface area contributed by atoms with Gasteiger partial charge in [0.2, 0.25) is 5.88 Å². The lowest BCUT2D eigenvalue weighted by atomic mass is 10.3. The molecule has 1 aromatic heterocycles. The van der Waals surface area contributed by atoms with E-state index in [4.69, 9.17) is 27.9 Å². The number of aromatic nitrogens is 1. The number of rotatable bonds is 5. The number of nitrogens with zero attached hydrogens (tertiary/aromatic N) is 2. The largest absolute Gasteiger partial charge is 0.437 e. The molecule has 0 radical (unpaired) electrons. The predicted molar refractivity (Wildman–Crippen MR) is 89.3 cm³/mol. The van der Waals surface area contributed by atoms with E-state index in [1.165, 1.54) is 0 Å².